The van der Waals surface area contributed by atoms with E-state index < -0.39 is 34.4 Å². The number of nitro groups is 1. The zero-order valence-electron chi connectivity index (χ0n) is 14.7. The van der Waals surface area contributed by atoms with Gasteiger partial charge < -0.3 is 10.1 Å². The van der Waals surface area contributed by atoms with Crippen molar-refractivity contribution in [3.63, 3.8) is 0 Å². The van der Waals surface area contributed by atoms with Gasteiger partial charge in [-0.25, -0.2) is 4.79 Å². The summed E-state index contributed by atoms with van der Waals surface area (Å²) in [5, 5.41) is 14.7. The molecule has 3 aromatic rings. The van der Waals surface area contributed by atoms with Gasteiger partial charge in [0, 0.05) is 11.8 Å². The summed E-state index contributed by atoms with van der Waals surface area (Å²) in [5.74, 6) is -2.39. The highest BCUT2D eigenvalue weighted by Gasteiger charge is 2.22. The third-order valence-corrected chi connectivity index (χ3v) is 4.07. The number of carbonyl (C=O) groups excluding carboxylic acids is 2. The molecule has 0 spiro atoms. The molecule has 0 fully saturated rings. The van der Waals surface area contributed by atoms with Crippen molar-refractivity contribution < 1.29 is 23.6 Å². The van der Waals surface area contributed by atoms with Crippen molar-refractivity contribution in [2.24, 2.45) is 0 Å². The maximum absolute atomic E-state index is 13.4. The molecule has 0 radical (unpaired) electrons. The lowest BCUT2D eigenvalue weighted by molar-refractivity contribution is -0.387. The molecule has 142 valence electrons. The summed E-state index contributed by atoms with van der Waals surface area (Å²) >= 11 is 0. The monoisotopic (exact) mass is 382 g/mol. The Labute approximate surface area is 158 Å². The first-order valence-corrected chi connectivity index (χ1v) is 8.30. The van der Waals surface area contributed by atoms with Gasteiger partial charge in [0.1, 0.15) is 0 Å². The van der Waals surface area contributed by atoms with Crippen molar-refractivity contribution in [1.82, 2.24) is 0 Å². The second-order valence-electron chi connectivity index (χ2n) is 5.99. The molecule has 0 aliphatic rings. The lowest BCUT2D eigenvalue weighted by atomic mass is 10.0. The molecular formula is C20H15FN2O5. The van der Waals surface area contributed by atoms with E-state index in [0.29, 0.717) is 10.9 Å². The Balaban J connectivity index is 1.73. The number of benzene rings is 3. The van der Waals surface area contributed by atoms with Crippen LogP contribution in [0.1, 0.15) is 17.3 Å². The van der Waals surface area contributed by atoms with E-state index in [9.17, 15) is 24.1 Å². The SMILES string of the molecule is CC(OC(=O)c1cccc2ccccc12)C(=O)Nc1ccc(F)c([N+](=O)[O-])c1. The van der Waals surface area contributed by atoms with Gasteiger partial charge in [0.2, 0.25) is 5.82 Å². The van der Waals surface area contributed by atoms with E-state index in [1.54, 1.807) is 24.3 Å². The molecule has 0 aromatic heterocycles. The molecule has 3 aromatic carbocycles. The van der Waals surface area contributed by atoms with Gasteiger partial charge in [-0.05, 0) is 35.9 Å². The molecule has 7 nitrogen and oxygen atoms in total. The van der Waals surface area contributed by atoms with E-state index in [4.69, 9.17) is 4.74 Å². The van der Waals surface area contributed by atoms with Crippen molar-refractivity contribution in [1.29, 1.82) is 0 Å². The van der Waals surface area contributed by atoms with Crippen molar-refractivity contribution in [3.8, 4) is 0 Å². The molecule has 0 saturated carbocycles. The van der Waals surface area contributed by atoms with Gasteiger partial charge in [0.25, 0.3) is 5.91 Å². The molecule has 0 bridgehead atoms. The zero-order chi connectivity index (χ0) is 20.3. The molecule has 0 aliphatic heterocycles. The number of hydrogen-bond acceptors (Lipinski definition) is 5. The minimum atomic E-state index is -1.17. The first-order valence-electron chi connectivity index (χ1n) is 8.30. The van der Waals surface area contributed by atoms with Crippen molar-refractivity contribution in [2.45, 2.75) is 13.0 Å². The molecule has 0 aliphatic carbocycles. The van der Waals surface area contributed by atoms with Gasteiger partial charge in [-0.2, -0.15) is 4.39 Å². The lowest BCUT2D eigenvalue weighted by Gasteiger charge is -2.14. The number of nitrogens with one attached hydrogen (secondary N) is 1. The van der Waals surface area contributed by atoms with Crippen LogP contribution >= 0.6 is 0 Å². The molecule has 1 N–H and O–H groups in total. The molecular weight excluding hydrogens is 367 g/mol. The van der Waals surface area contributed by atoms with Gasteiger partial charge in [0.15, 0.2) is 6.10 Å². The molecule has 0 saturated heterocycles. The number of ether oxygens (including phenoxy) is 1. The van der Waals surface area contributed by atoms with Crippen molar-refractivity contribution in [2.75, 3.05) is 5.32 Å². The third-order valence-electron chi connectivity index (χ3n) is 4.07. The number of esters is 1. The molecule has 0 heterocycles. The van der Waals surface area contributed by atoms with Gasteiger partial charge in [-0.3, -0.25) is 14.9 Å². The van der Waals surface area contributed by atoms with Gasteiger partial charge >= 0.3 is 11.7 Å². The van der Waals surface area contributed by atoms with Crippen LogP contribution in [0, 0.1) is 15.9 Å². The summed E-state index contributed by atoms with van der Waals surface area (Å²) in [6, 6.07) is 15.4. The quantitative estimate of drug-likeness (QED) is 0.407. The second kappa shape index (κ2) is 7.83. The number of anilines is 1. The number of nitrogens with zero attached hydrogens (tertiary/aromatic N) is 1. The Hall–Kier alpha value is -3.81. The number of fused-ring (bicyclic) bond motifs is 1. The Morgan fingerprint density at radius 3 is 2.57 bits per heavy atom. The molecule has 1 amide bonds. The summed E-state index contributed by atoms with van der Waals surface area (Å²) < 4.78 is 18.6. The van der Waals surface area contributed by atoms with E-state index in [1.807, 2.05) is 18.2 Å². The van der Waals surface area contributed by atoms with Crippen LogP contribution in [-0.4, -0.2) is 22.9 Å². The van der Waals surface area contributed by atoms with E-state index in [0.717, 1.165) is 17.5 Å². The van der Waals surface area contributed by atoms with Crippen LogP contribution in [0.4, 0.5) is 15.8 Å². The highest BCUT2D eigenvalue weighted by molar-refractivity contribution is 6.05. The van der Waals surface area contributed by atoms with Crippen molar-refractivity contribution >= 4 is 34.0 Å². The highest BCUT2D eigenvalue weighted by Crippen LogP contribution is 2.22. The molecule has 1 atom stereocenters. The van der Waals surface area contributed by atoms with Crippen LogP contribution < -0.4 is 5.32 Å². The van der Waals surface area contributed by atoms with Crippen LogP contribution in [0.15, 0.2) is 60.7 Å². The minimum absolute atomic E-state index is 0.0196. The standard InChI is InChI=1S/C20H15FN2O5/c1-12(19(24)22-14-9-10-17(21)18(11-14)23(26)27)28-20(25)16-8-4-6-13-5-2-3-7-15(13)16/h2-12H,1H3,(H,22,24). The van der Waals surface area contributed by atoms with Gasteiger partial charge in [0.05, 0.1) is 10.5 Å². The van der Waals surface area contributed by atoms with Crippen LogP contribution in [-0.2, 0) is 9.53 Å². The zero-order valence-corrected chi connectivity index (χ0v) is 14.7. The van der Waals surface area contributed by atoms with E-state index in [2.05, 4.69) is 5.32 Å². The van der Waals surface area contributed by atoms with E-state index in [1.165, 1.54) is 13.0 Å². The van der Waals surface area contributed by atoms with Gasteiger partial charge in [-0.1, -0.05) is 36.4 Å². The molecule has 28 heavy (non-hydrogen) atoms. The smallest absolute Gasteiger partial charge is 0.339 e. The fourth-order valence-electron chi connectivity index (χ4n) is 2.66. The average molecular weight is 382 g/mol. The summed E-state index contributed by atoms with van der Waals surface area (Å²) in [7, 11) is 0. The first kappa shape index (κ1) is 19.0. The number of nitro benzene ring substituents is 1. The summed E-state index contributed by atoms with van der Waals surface area (Å²) in [6.45, 7) is 1.37. The topological polar surface area (TPSA) is 98.5 Å². The van der Waals surface area contributed by atoms with Gasteiger partial charge in [-0.15, -0.1) is 0 Å². The first-order chi connectivity index (χ1) is 13.4. The average Bonchev–Trinajstić information content (AvgIpc) is 2.68. The maximum Gasteiger partial charge on any atom is 0.339 e. The predicted molar refractivity (Wildman–Crippen MR) is 101 cm³/mol. The third kappa shape index (κ3) is 3.96. The number of carbonyl (C=O) groups is 2. The Morgan fingerprint density at radius 1 is 1.11 bits per heavy atom. The largest absolute Gasteiger partial charge is 0.449 e. The molecule has 1 unspecified atom stereocenters. The molecule has 3 rings (SSSR count). The fourth-order valence-corrected chi connectivity index (χ4v) is 2.66. The maximum atomic E-state index is 13.4. The molecule has 8 heteroatoms. The number of amides is 1. The van der Waals surface area contributed by atoms with E-state index in [-0.39, 0.29) is 5.69 Å². The fraction of sp³-hybridized carbons (Fsp3) is 0.100. The summed E-state index contributed by atoms with van der Waals surface area (Å²) in [6.07, 6.45) is -1.17. The van der Waals surface area contributed by atoms with E-state index >= 15 is 0 Å². The minimum Gasteiger partial charge on any atom is -0.449 e. The number of rotatable bonds is 5. The number of hydrogen-bond donors (Lipinski definition) is 1. The lowest BCUT2D eigenvalue weighted by Crippen LogP contribution is -2.30. The normalized spacial score (nSPS) is 11.6. The highest BCUT2D eigenvalue weighted by atomic mass is 19.1. The second-order valence-corrected chi connectivity index (χ2v) is 5.99. The van der Waals surface area contributed by atoms with Crippen molar-refractivity contribution in [3.05, 3.63) is 82.2 Å². The Morgan fingerprint density at radius 2 is 1.82 bits per heavy atom. The Kier molecular flexibility index (Phi) is 5.30. The number of halogens is 1. The van der Waals surface area contributed by atoms with Crippen LogP contribution in [0.3, 0.4) is 0 Å². The Bertz CT molecular complexity index is 1080. The van der Waals surface area contributed by atoms with Crippen LogP contribution in [0.25, 0.3) is 10.8 Å². The predicted octanol–water partition coefficient (Wildman–Crippen LogP) is 4.07. The van der Waals surface area contributed by atoms with Crippen LogP contribution in [0.5, 0.6) is 0 Å². The summed E-state index contributed by atoms with van der Waals surface area (Å²) in [5.41, 5.74) is -0.431. The van der Waals surface area contributed by atoms with Crippen LogP contribution in [0.2, 0.25) is 0 Å². The summed E-state index contributed by atoms with van der Waals surface area (Å²) in [4.78, 5) is 34.6.